The molecule has 2 aromatic heterocycles. The number of hydrogen-bond acceptors (Lipinski definition) is 6. The molecule has 39 heavy (non-hydrogen) atoms. The lowest BCUT2D eigenvalue weighted by Gasteiger charge is -2.24. The summed E-state index contributed by atoms with van der Waals surface area (Å²) in [6.45, 7) is 0. The number of aryl methyl sites for hydroxylation is 1. The van der Waals surface area contributed by atoms with Gasteiger partial charge in [0.2, 0.25) is 5.82 Å². The molecule has 2 aromatic carbocycles. The Bertz CT molecular complexity index is 1600. The van der Waals surface area contributed by atoms with E-state index < -0.39 is 35.7 Å². The van der Waals surface area contributed by atoms with E-state index in [2.05, 4.69) is 19.9 Å². The van der Waals surface area contributed by atoms with E-state index in [0.29, 0.717) is 18.4 Å². The number of benzene rings is 2. The fraction of sp³-hybridized carbons (Fsp3) is 0.280. The smallest absolute Gasteiger partial charge is 0.434 e. The molecule has 4 aromatic rings. The van der Waals surface area contributed by atoms with E-state index >= 15 is 0 Å². The standard InChI is InChI=1S/C25H16F6N4O4/c26-24(27,28)23(25(29,30)31)38-18-6-3-13(7-14(18)10-32)22-34-21(35-39-22)12-2-5-17-16(8-12)15-4-1-11(9-19(36)37)20(15)33-17/h2-3,5-8,11,23,33H,1,4,9H2,(H,36,37). The van der Waals surface area contributed by atoms with E-state index in [1.165, 1.54) is 6.07 Å². The van der Waals surface area contributed by atoms with Crippen LogP contribution in [0.2, 0.25) is 0 Å². The summed E-state index contributed by atoms with van der Waals surface area (Å²) < 4.78 is 86.7. The monoisotopic (exact) mass is 550 g/mol. The number of nitriles is 1. The van der Waals surface area contributed by atoms with Gasteiger partial charge in [0.15, 0.2) is 0 Å². The molecule has 202 valence electrons. The predicted molar refractivity (Wildman–Crippen MR) is 122 cm³/mol. The molecule has 2 heterocycles. The molecule has 5 rings (SSSR count). The third-order valence-corrected chi connectivity index (χ3v) is 6.38. The van der Waals surface area contributed by atoms with Gasteiger partial charge in [-0.05, 0) is 54.8 Å². The van der Waals surface area contributed by atoms with Crippen molar-refractivity contribution in [3.8, 4) is 34.7 Å². The van der Waals surface area contributed by atoms with Crippen LogP contribution >= 0.6 is 0 Å². The third-order valence-electron chi connectivity index (χ3n) is 6.38. The number of nitrogens with one attached hydrogen (secondary N) is 1. The first-order chi connectivity index (χ1) is 18.3. The number of nitrogens with zero attached hydrogens (tertiary/aromatic N) is 3. The van der Waals surface area contributed by atoms with Crippen molar-refractivity contribution in [2.45, 2.75) is 43.6 Å². The highest BCUT2D eigenvalue weighted by Gasteiger charge is 2.59. The first-order valence-corrected chi connectivity index (χ1v) is 11.4. The molecule has 0 fully saturated rings. The molecule has 0 radical (unpaired) electrons. The van der Waals surface area contributed by atoms with E-state index in [4.69, 9.17) is 9.63 Å². The number of ether oxygens (including phenoxy) is 1. The van der Waals surface area contributed by atoms with Gasteiger partial charge in [-0.15, -0.1) is 0 Å². The second-order valence-electron chi connectivity index (χ2n) is 8.94. The van der Waals surface area contributed by atoms with Crippen molar-refractivity contribution in [3.05, 3.63) is 53.2 Å². The van der Waals surface area contributed by atoms with Crippen LogP contribution in [0, 0.1) is 11.3 Å². The number of H-pyrrole nitrogens is 1. The minimum Gasteiger partial charge on any atom is -0.481 e. The number of aliphatic carboxylic acids is 1. The third kappa shape index (κ3) is 4.99. The quantitative estimate of drug-likeness (QED) is 0.277. The van der Waals surface area contributed by atoms with Crippen LogP contribution in [-0.2, 0) is 11.2 Å². The molecule has 8 nitrogen and oxygen atoms in total. The van der Waals surface area contributed by atoms with Crippen LogP contribution in [0.15, 0.2) is 40.9 Å². The Balaban J connectivity index is 1.43. The first kappa shape index (κ1) is 26.1. The summed E-state index contributed by atoms with van der Waals surface area (Å²) in [4.78, 5) is 18.7. The minimum absolute atomic E-state index is 0.0163. The Morgan fingerprint density at radius 2 is 1.87 bits per heavy atom. The van der Waals surface area contributed by atoms with Crippen LogP contribution in [0.4, 0.5) is 26.3 Å². The van der Waals surface area contributed by atoms with E-state index in [0.717, 1.165) is 40.4 Å². The Hall–Kier alpha value is -4.54. The molecule has 0 aliphatic heterocycles. The van der Waals surface area contributed by atoms with Gasteiger partial charge in [-0.3, -0.25) is 4.79 Å². The molecule has 1 atom stereocenters. The van der Waals surface area contributed by atoms with Crippen LogP contribution in [0.3, 0.4) is 0 Å². The zero-order chi connectivity index (χ0) is 28.1. The number of rotatable bonds is 6. The van der Waals surface area contributed by atoms with Gasteiger partial charge >= 0.3 is 18.3 Å². The lowest BCUT2D eigenvalue weighted by molar-refractivity contribution is -0.299. The second kappa shape index (κ2) is 9.33. The van der Waals surface area contributed by atoms with Crippen molar-refractivity contribution in [1.29, 1.82) is 5.26 Å². The van der Waals surface area contributed by atoms with Crippen LogP contribution in [0.1, 0.15) is 35.6 Å². The van der Waals surface area contributed by atoms with Gasteiger partial charge < -0.3 is 19.4 Å². The number of alkyl halides is 6. The first-order valence-electron chi connectivity index (χ1n) is 11.4. The Morgan fingerprint density at radius 3 is 2.54 bits per heavy atom. The number of carboxylic acid groups (broad SMARTS) is 1. The average Bonchev–Trinajstić information content (AvgIpc) is 3.57. The van der Waals surface area contributed by atoms with E-state index in [9.17, 15) is 36.4 Å². The highest BCUT2D eigenvalue weighted by atomic mass is 19.4. The molecule has 0 amide bonds. The number of halogens is 6. The van der Waals surface area contributed by atoms with Gasteiger partial charge in [0, 0.05) is 33.6 Å². The second-order valence-corrected chi connectivity index (χ2v) is 8.94. The minimum atomic E-state index is -5.75. The summed E-state index contributed by atoms with van der Waals surface area (Å²) in [7, 11) is 0. The summed E-state index contributed by atoms with van der Waals surface area (Å²) in [5, 5.41) is 23.3. The van der Waals surface area contributed by atoms with Crippen molar-refractivity contribution in [2.75, 3.05) is 0 Å². The van der Waals surface area contributed by atoms with Crippen molar-refractivity contribution < 1.29 is 45.5 Å². The molecular weight excluding hydrogens is 534 g/mol. The lowest BCUT2D eigenvalue weighted by Crippen LogP contribution is -2.46. The summed E-state index contributed by atoms with van der Waals surface area (Å²) in [5.74, 6) is -1.89. The Labute approximate surface area is 214 Å². The SMILES string of the molecule is N#Cc1cc(-c2nc(-c3ccc4[nH]c5c(c4c3)CCC5CC(=O)O)no2)ccc1OC(C(F)(F)F)C(F)(F)F. The normalized spacial score (nSPS) is 15.5. The van der Waals surface area contributed by atoms with E-state index in [1.54, 1.807) is 12.1 Å². The lowest BCUT2D eigenvalue weighted by atomic mass is 10.0. The van der Waals surface area contributed by atoms with Crippen LogP contribution < -0.4 is 4.74 Å². The molecule has 1 aliphatic carbocycles. The Kier molecular flexibility index (Phi) is 6.24. The maximum absolute atomic E-state index is 12.9. The maximum atomic E-state index is 12.9. The van der Waals surface area contributed by atoms with Crippen molar-refractivity contribution >= 4 is 16.9 Å². The molecule has 0 saturated carbocycles. The molecule has 2 N–H and O–H groups in total. The molecule has 1 aliphatic rings. The molecule has 14 heteroatoms. The van der Waals surface area contributed by atoms with Crippen molar-refractivity contribution in [3.63, 3.8) is 0 Å². The largest absolute Gasteiger partial charge is 0.481 e. The summed E-state index contributed by atoms with van der Waals surface area (Å²) in [6, 6.07) is 9.71. The molecule has 0 bridgehead atoms. The molecule has 0 saturated heterocycles. The number of aromatic nitrogens is 3. The molecule has 1 unspecified atom stereocenters. The number of aromatic amines is 1. The summed E-state index contributed by atoms with van der Waals surface area (Å²) in [5.41, 5.74) is 2.74. The number of fused-ring (bicyclic) bond motifs is 3. The van der Waals surface area contributed by atoms with E-state index in [-0.39, 0.29) is 29.6 Å². The summed E-state index contributed by atoms with van der Waals surface area (Å²) >= 11 is 0. The predicted octanol–water partition coefficient (Wildman–Crippen LogP) is 6.13. The number of carbonyl (C=O) groups is 1. The van der Waals surface area contributed by atoms with Gasteiger partial charge in [-0.25, -0.2) is 0 Å². The Morgan fingerprint density at radius 1 is 1.15 bits per heavy atom. The van der Waals surface area contributed by atoms with Crippen molar-refractivity contribution in [1.82, 2.24) is 15.1 Å². The molecular formula is C25H16F6N4O4. The fourth-order valence-corrected chi connectivity index (χ4v) is 4.66. The highest BCUT2D eigenvalue weighted by Crippen LogP contribution is 2.41. The molecule has 0 spiro atoms. The van der Waals surface area contributed by atoms with Gasteiger partial charge in [0.25, 0.3) is 12.0 Å². The maximum Gasteiger partial charge on any atom is 0.434 e. The number of hydrogen-bond donors (Lipinski definition) is 2. The number of carboxylic acids is 1. The van der Waals surface area contributed by atoms with Gasteiger partial charge in [0.1, 0.15) is 11.8 Å². The van der Waals surface area contributed by atoms with Crippen molar-refractivity contribution in [2.24, 2.45) is 0 Å². The zero-order valence-corrected chi connectivity index (χ0v) is 19.5. The highest BCUT2D eigenvalue weighted by molar-refractivity contribution is 5.89. The van der Waals surface area contributed by atoms with Crippen LogP contribution in [-0.4, -0.2) is 44.7 Å². The van der Waals surface area contributed by atoms with Crippen LogP contribution in [0.25, 0.3) is 33.7 Å². The fourth-order valence-electron chi connectivity index (χ4n) is 4.66. The average molecular weight is 550 g/mol. The van der Waals surface area contributed by atoms with Gasteiger partial charge in [-0.2, -0.15) is 36.6 Å². The van der Waals surface area contributed by atoms with Gasteiger partial charge in [0.05, 0.1) is 12.0 Å². The topological polar surface area (TPSA) is 125 Å². The van der Waals surface area contributed by atoms with Gasteiger partial charge in [-0.1, -0.05) is 5.16 Å². The van der Waals surface area contributed by atoms with E-state index in [1.807, 2.05) is 6.07 Å². The van der Waals surface area contributed by atoms with Crippen LogP contribution in [0.5, 0.6) is 5.75 Å². The zero-order valence-electron chi connectivity index (χ0n) is 19.5. The summed E-state index contributed by atoms with van der Waals surface area (Å²) in [6.07, 6.45) is -14.2.